The van der Waals surface area contributed by atoms with Gasteiger partial charge in [-0.2, -0.15) is 0 Å². The van der Waals surface area contributed by atoms with Gasteiger partial charge in [-0.05, 0) is 83.5 Å². The van der Waals surface area contributed by atoms with Gasteiger partial charge in [-0.15, -0.1) is 0 Å². The van der Waals surface area contributed by atoms with Crippen LogP contribution in [-0.2, 0) is 28.6 Å². The Balaban J connectivity index is 4.31. The molecule has 6 nitrogen and oxygen atoms in total. The molecule has 0 spiro atoms. The Bertz CT molecular complexity index is 1490. The van der Waals surface area contributed by atoms with Crippen molar-refractivity contribution in [3.63, 3.8) is 0 Å². The summed E-state index contributed by atoms with van der Waals surface area (Å²) >= 11 is 0. The third kappa shape index (κ3) is 58.8. The summed E-state index contributed by atoms with van der Waals surface area (Å²) in [4.78, 5) is 38.0. The first-order valence-corrected chi connectivity index (χ1v) is 30.4. The summed E-state index contributed by atoms with van der Waals surface area (Å²) in [5.74, 6) is -0.955. The van der Waals surface area contributed by atoms with E-state index in [4.69, 9.17) is 14.2 Å². The van der Waals surface area contributed by atoms with Crippen molar-refractivity contribution in [2.24, 2.45) is 0 Å². The van der Waals surface area contributed by atoms with E-state index in [9.17, 15) is 14.4 Å². The number of allylic oxidation sites excluding steroid dienone is 18. The van der Waals surface area contributed by atoms with Gasteiger partial charge in [0.1, 0.15) is 13.2 Å². The molecule has 0 aliphatic carbocycles. The summed E-state index contributed by atoms with van der Waals surface area (Å²) in [6, 6.07) is 0. The van der Waals surface area contributed by atoms with Gasteiger partial charge in [-0.25, -0.2) is 0 Å². The lowest BCUT2D eigenvalue weighted by molar-refractivity contribution is -0.167. The third-order valence-electron chi connectivity index (χ3n) is 12.8. The smallest absolute Gasteiger partial charge is 0.306 e. The van der Waals surface area contributed by atoms with Crippen LogP contribution < -0.4 is 0 Å². The molecule has 1 unspecified atom stereocenters. The number of rotatable bonds is 54. The van der Waals surface area contributed by atoms with Crippen molar-refractivity contribution in [1.29, 1.82) is 0 Å². The Morgan fingerprint density at radius 1 is 0.288 bits per heavy atom. The fourth-order valence-corrected chi connectivity index (χ4v) is 8.27. The van der Waals surface area contributed by atoms with Gasteiger partial charge in [0.15, 0.2) is 6.10 Å². The monoisotopic (exact) mass is 1010 g/mol. The molecule has 0 saturated carbocycles. The van der Waals surface area contributed by atoms with Gasteiger partial charge in [0.2, 0.25) is 0 Å². The molecule has 0 N–H and O–H groups in total. The minimum absolute atomic E-state index is 0.0937. The van der Waals surface area contributed by atoms with E-state index >= 15 is 0 Å². The fourth-order valence-electron chi connectivity index (χ4n) is 8.27. The zero-order valence-corrected chi connectivity index (χ0v) is 47.6. The fraction of sp³-hybridized carbons (Fsp3) is 0.687. The number of unbranched alkanes of at least 4 members (excludes halogenated alkanes) is 25. The molecule has 0 aromatic carbocycles. The lowest BCUT2D eigenvalue weighted by Crippen LogP contribution is -2.30. The summed E-state index contributed by atoms with van der Waals surface area (Å²) in [6.45, 7) is 6.46. The topological polar surface area (TPSA) is 78.9 Å². The van der Waals surface area contributed by atoms with Crippen LogP contribution in [0.1, 0.15) is 278 Å². The highest BCUT2D eigenvalue weighted by Gasteiger charge is 2.19. The number of carbonyl (C=O) groups is 3. The summed E-state index contributed by atoms with van der Waals surface area (Å²) in [6.07, 6.45) is 82.5. The molecule has 0 aliphatic rings. The molecule has 0 aromatic heterocycles. The van der Waals surface area contributed by atoms with Gasteiger partial charge in [-0.1, -0.05) is 284 Å². The third-order valence-corrected chi connectivity index (χ3v) is 12.8. The van der Waals surface area contributed by atoms with Crippen LogP contribution in [0.5, 0.6) is 0 Å². The second-order valence-corrected chi connectivity index (χ2v) is 19.9. The predicted octanol–water partition coefficient (Wildman–Crippen LogP) is 20.7. The molecule has 73 heavy (non-hydrogen) atoms. The van der Waals surface area contributed by atoms with Crippen LogP contribution in [0.3, 0.4) is 0 Å². The summed E-state index contributed by atoms with van der Waals surface area (Å²) in [7, 11) is 0. The Morgan fingerprint density at radius 2 is 0.534 bits per heavy atom. The molecule has 0 bridgehead atoms. The van der Waals surface area contributed by atoms with Crippen molar-refractivity contribution in [2.45, 2.75) is 284 Å². The van der Waals surface area contributed by atoms with Crippen molar-refractivity contribution >= 4 is 17.9 Å². The maximum atomic E-state index is 12.8. The van der Waals surface area contributed by atoms with Crippen LogP contribution in [0.25, 0.3) is 0 Å². The Hall–Kier alpha value is -3.93. The van der Waals surface area contributed by atoms with Gasteiger partial charge in [0.05, 0.1) is 0 Å². The number of hydrogen-bond donors (Lipinski definition) is 0. The molecule has 0 amide bonds. The molecule has 0 fully saturated rings. The SMILES string of the molecule is CC/C=C\C/C=C\C/C=C\C/C=C\C/C=C\C/C=C\C/C=C\C/C=C\C/C=C\CCCC(=O)OCC(COC(=O)CCCCCCCCCC)OC(=O)CCCCCCCCCCCCCCCCCCCC. The molecule has 416 valence electrons. The summed E-state index contributed by atoms with van der Waals surface area (Å²) in [5.41, 5.74) is 0. The van der Waals surface area contributed by atoms with Crippen LogP contribution >= 0.6 is 0 Å². The Morgan fingerprint density at radius 3 is 0.836 bits per heavy atom. The van der Waals surface area contributed by atoms with Crippen LogP contribution in [0, 0.1) is 0 Å². The highest BCUT2D eigenvalue weighted by molar-refractivity contribution is 5.71. The van der Waals surface area contributed by atoms with E-state index in [1.165, 1.54) is 128 Å². The Kier molecular flexibility index (Phi) is 57.4. The Labute approximate surface area is 450 Å². The molecule has 0 saturated heterocycles. The van der Waals surface area contributed by atoms with Crippen molar-refractivity contribution < 1.29 is 28.6 Å². The van der Waals surface area contributed by atoms with E-state index in [0.29, 0.717) is 19.3 Å². The minimum Gasteiger partial charge on any atom is -0.462 e. The molecule has 0 rings (SSSR count). The van der Waals surface area contributed by atoms with E-state index in [2.05, 4.69) is 130 Å². The first kappa shape index (κ1) is 69.1. The van der Waals surface area contributed by atoms with E-state index in [0.717, 1.165) is 103 Å². The van der Waals surface area contributed by atoms with Crippen LogP contribution in [0.15, 0.2) is 109 Å². The number of carbonyl (C=O) groups excluding carboxylic acids is 3. The predicted molar refractivity (Wildman–Crippen MR) is 316 cm³/mol. The van der Waals surface area contributed by atoms with Crippen molar-refractivity contribution in [2.75, 3.05) is 13.2 Å². The molecule has 6 heteroatoms. The zero-order valence-electron chi connectivity index (χ0n) is 47.6. The van der Waals surface area contributed by atoms with E-state index in [1.807, 2.05) is 0 Å². The maximum absolute atomic E-state index is 12.8. The highest BCUT2D eigenvalue weighted by atomic mass is 16.6. The van der Waals surface area contributed by atoms with Crippen molar-refractivity contribution in [3.05, 3.63) is 109 Å². The lowest BCUT2D eigenvalue weighted by atomic mass is 10.0. The molecule has 0 aromatic rings. The van der Waals surface area contributed by atoms with E-state index < -0.39 is 6.10 Å². The number of esters is 3. The second kappa shape index (κ2) is 60.6. The molecule has 1 atom stereocenters. The van der Waals surface area contributed by atoms with Crippen LogP contribution in [0.4, 0.5) is 0 Å². The van der Waals surface area contributed by atoms with Gasteiger partial charge in [-0.3, -0.25) is 14.4 Å². The molecule has 0 radical (unpaired) electrons. The van der Waals surface area contributed by atoms with Gasteiger partial charge >= 0.3 is 17.9 Å². The average molecular weight is 1010 g/mol. The largest absolute Gasteiger partial charge is 0.462 e. The number of ether oxygens (including phenoxy) is 3. The molecular weight excluding hydrogens is 901 g/mol. The summed E-state index contributed by atoms with van der Waals surface area (Å²) < 4.78 is 16.8. The van der Waals surface area contributed by atoms with Gasteiger partial charge in [0.25, 0.3) is 0 Å². The van der Waals surface area contributed by atoms with Crippen molar-refractivity contribution in [1.82, 2.24) is 0 Å². The van der Waals surface area contributed by atoms with Gasteiger partial charge in [0, 0.05) is 19.3 Å². The van der Waals surface area contributed by atoms with Crippen LogP contribution in [0.2, 0.25) is 0 Å². The molecular formula is C67H112O6. The maximum Gasteiger partial charge on any atom is 0.306 e. The standard InChI is InChI=1S/C67H112O6/c1-4-7-10-13-16-19-21-23-25-27-29-30-31-32-33-34-35-36-37-38-39-41-42-44-46-48-51-54-57-60-66(69)72-63-64(62-71-65(68)59-56-53-50-18-15-12-9-6-3)73-67(70)61-58-55-52-49-47-45-43-40-28-26-24-22-20-17-14-11-8-5-2/h7,10,16,19,23,25,29-30,32-33,35-36,38-39,42,44,48,51,64H,4-6,8-9,11-15,17-18,20-22,24,26-28,31,34,37,40-41,43,45-47,49-50,52-63H2,1-3H3/b10-7-,19-16-,25-23-,30-29-,33-32-,36-35-,39-38-,44-42-,51-48-. The van der Waals surface area contributed by atoms with E-state index in [1.54, 1.807) is 0 Å². The lowest BCUT2D eigenvalue weighted by Gasteiger charge is -2.18. The van der Waals surface area contributed by atoms with Crippen LogP contribution in [-0.4, -0.2) is 37.2 Å². The van der Waals surface area contributed by atoms with E-state index in [-0.39, 0.29) is 37.5 Å². The highest BCUT2D eigenvalue weighted by Crippen LogP contribution is 2.16. The second-order valence-electron chi connectivity index (χ2n) is 19.9. The van der Waals surface area contributed by atoms with Gasteiger partial charge < -0.3 is 14.2 Å². The first-order valence-electron chi connectivity index (χ1n) is 30.4. The first-order chi connectivity index (χ1) is 36.0. The zero-order chi connectivity index (χ0) is 52.9. The quantitative estimate of drug-likeness (QED) is 0.0261. The average Bonchev–Trinajstić information content (AvgIpc) is 3.39. The molecule has 0 heterocycles. The summed E-state index contributed by atoms with van der Waals surface area (Å²) in [5, 5.41) is 0. The minimum atomic E-state index is -0.798. The molecule has 0 aliphatic heterocycles. The normalized spacial score (nSPS) is 12.9. The van der Waals surface area contributed by atoms with Crippen molar-refractivity contribution in [3.8, 4) is 0 Å². The number of hydrogen-bond acceptors (Lipinski definition) is 6.